The summed E-state index contributed by atoms with van der Waals surface area (Å²) in [6, 6.07) is 5.23. The fourth-order valence-electron chi connectivity index (χ4n) is 1.44. The molecule has 1 atom stereocenters. The first-order valence-electron chi connectivity index (χ1n) is 5.50. The Bertz CT molecular complexity index is 534. The van der Waals surface area contributed by atoms with Crippen LogP contribution in [0, 0.1) is 0 Å². The van der Waals surface area contributed by atoms with E-state index in [-0.39, 0.29) is 4.90 Å². The van der Waals surface area contributed by atoms with Crippen LogP contribution in [0.15, 0.2) is 29.2 Å². The van der Waals surface area contributed by atoms with Crippen molar-refractivity contribution in [1.82, 2.24) is 5.32 Å². The molecule has 8 heteroatoms. The zero-order chi connectivity index (χ0) is 14.7. The molecule has 1 unspecified atom stereocenters. The number of sulfonamides is 1. The van der Waals surface area contributed by atoms with Crippen molar-refractivity contribution in [2.75, 3.05) is 13.2 Å². The van der Waals surface area contributed by atoms with Crippen molar-refractivity contribution in [3.8, 4) is 0 Å². The van der Waals surface area contributed by atoms with E-state index < -0.39 is 35.1 Å². The van der Waals surface area contributed by atoms with Crippen molar-refractivity contribution in [3.05, 3.63) is 29.8 Å². The molecular formula is C11H16F2N2O3S. The Morgan fingerprint density at radius 1 is 1.47 bits per heavy atom. The Morgan fingerprint density at radius 3 is 2.63 bits per heavy atom. The molecule has 5 nitrogen and oxygen atoms in total. The van der Waals surface area contributed by atoms with Crippen molar-refractivity contribution in [2.24, 2.45) is 5.14 Å². The van der Waals surface area contributed by atoms with E-state index in [1.54, 1.807) is 13.0 Å². The largest absolute Gasteiger partial charge is 0.390 e. The van der Waals surface area contributed by atoms with Crippen LogP contribution in [0.5, 0.6) is 0 Å². The maximum atomic E-state index is 12.9. The molecule has 1 aromatic rings. The lowest BCUT2D eigenvalue weighted by molar-refractivity contribution is -0.0490. The molecule has 0 saturated heterocycles. The predicted molar refractivity (Wildman–Crippen MR) is 66.3 cm³/mol. The number of nitrogens with one attached hydrogen (secondary N) is 1. The molecular weight excluding hydrogens is 278 g/mol. The standard InChI is InChI=1S/C11H16F2N2O3S/c1-8(15-6-11(12,13)7-16)9-3-2-4-10(5-9)19(14,17)18/h2-5,8,15-16H,6-7H2,1H3,(H2,14,17,18). The number of halogens is 2. The topological polar surface area (TPSA) is 92.4 Å². The van der Waals surface area contributed by atoms with Crippen LogP contribution in [0.3, 0.4) is 0 Å². The summed E-state index contributed by atoms with van der Waals surface area (Å²) in [6.45, 7) is -0.343. The lowest BCUT2D eigenvalue weighted by Gasteiger charge is -2.19. The van der Waals surface area contributed by atoms with Crippen molar-refractivity contribution in [3.63, 3.8) is 0 Å². The molecule has 0 radical (unpaired) electrons. The van der Waals surface area contributed by atoms with E-state index in [1.165, 1.54) is 18.2 Å². The number of benzene rings is 1. The fourth-order valence-corrected chi connectivity index (χ4v) is 2.01. The zero-order valence-corrected chi connectivity index (χ0v) is 11.1. The maximum Gasteiger partial charge on any atom is 0.282 e. The monoisotopic (exact) mass is 294 g/mol. The van der Waals surface area contributed by atoms with E-state index in [9.17, 15) is 17.2 Å². The highest BCUT2D eigenvalue weighted by molar-refractivity contribution is 7.89. The van der Waals surface area contributed by atoms with Gasteiger partial charge in [0.25, 0.3) is 5.92 Å². The van der Waals surface area contributed by atoms with Crippen molar-refractivity contribution < 1.29 is 22.3 Å². The minimum absolute atomic E-state index is 0.0763. The normalized spacial score (nSPS) is 14.4. The quantitative estimate of drug-likeness (QED) is 0.717. The average Bonchev–Trinajstić information content (AvgIpc) is 2.35. The van der Waals surface area contributed by atoms with Gasteiger partial charge in [-0.15, -0.1) is 0 Å². The highest BCUT2D eigenvalue weighted by atomic mass is 32.2. The molecule has 0 amide bonds. The molecule has 0 aromatic heterocycles. The Kier molecular flexibility index (Phi) is 4.97. The van der Waals surface area contributed by atoms with Crippen LogP contribution < -0.4 is 10.5 Å². The van der Waals surface area contributed by atoms with E-state index in [2.05, 4.69) is 5.32 Å². The number of rotatable bonds is 6. The molecule has 0 aliphatic carbocycles. The van der Waals surface area contributed by atoms with Gasteiger partial charge in [-0.1, -0.05) is 12.1 Å². The molecule has 0 aliphatic heterocycles. The molecule has 4 N–H and O–H groups in total. The van der Waals surface area contributed by atoms with Crippen LogP contribution in [-0.4, -0.2) is 32.6 Å². The highest BCUT2D eigenvalue weighted by Crippen LogP contribution is 2.18. The van der Waals surface area contributed by atoms with Gasteiger partial charge in [0.05, 0.1) is 11.4 Å². The summed E-state index contributed by atoms with van der Waals surface area (Å²) in [5, 5.41) is 16.0. The molecule has 0 saturated carbocycles. The number of alkyl halides is 2. The number of nitrogens with two attached hydrogens (primary N) is 1. The molecule has 1 aromatic carbocycles. The summed E-state index contributed by atoms with van der Waals surface area (Å²) in [5.74, 6) is -3.22. The van der Waals surface area contributed by atoms with Crippen LogP contribution in [0.2, 0.25) is 0 Å². The van der Waals surface area contributed by atoms with Crippen LogP contribution >= 0.6 is 0 Å². The third-order valence-corrected chi connectivity index (χ3v) is 3.50. The minimum atomic E-state index is -3.82. The van der Waals surface area contributed by atoms with Crippen molar-refractivity contribution in [1.29, 1.82) is 0 Å². The van der Waals surface area contributed by atoms with Gasteiger partial charge < -0.3 is 10.4 Å². The number of hydrogen-bond acceptors (Lipinski definition) is 4. The van der Waals surface area contributed by atoms with Crippen LogP contribution in [0.4, 0.5) is 8.78 Å². The molecule has 19 heavy (non-hydrogen) atoms. The van der Waals surface area contributed by atoms with Gasteiger partial charge in [0.15, 0.2) is 0 Å². The molecule has 108 valence electrons. The second-order valence-electron chi connectivity index (χ2n) is 4.23. The molecule has 0 bridgehead atoms. The molecule has 0 fully saturated rings. The average molecular weight is 294 g/mol. The Hall–Kier alpha value is -1.09. The second-order valence-corrected chi connectivity index (χ2v) is 5.80. The van der Waals surface area contributed by atoms with Gasteiger partial charge in [-0.25, -0.2) is 22.3 Å². The van der Waals surface area contributed by atoms with Gasteiger partial charge in [0.1, 0.15) is 6.61 Å². The van der Waals surface area contributed by atoms with Crippen LogP contribution in [0.25, 0.3) is 0 Å². The smallest absolute Gasteiger partial charge is 0.282 e. The van der Waals surface area contributed by atoms with Gasteiger partial charge in [-0.3, -0.25) is 0 Å². The van der Waals surface area contributed by atoms with Gasteiger partial charge in [-0.05, 0) is 24.6 Å². The fraction of sp³-hybridized carbons (Fsp3) is 0.455. The second kappa shape index (κ2) is 5.91. The number of primary sulfonamides is 1. The van der Waals surface area contributed by atoms with Gasteiger partial charge in [0, 0.05) is 6.04 Å². The van der Waals surface area contributed by atoms with E-state index in [0.717, 1.165) is 0 Å². The lowest BCUT2D eigenvalue weighted by Crippen LogP contribution is -2.37. The molecule has 1 rings (SSSR count). The van der Waals surface area contributed by atoms with E-state index in [4.69, 9.17) is 10.2 Å². The Balaban J connectivity index is 2.81. The summed E-state index contributed by atoms with van der Waals surface area (Å²) < 4.78 is 48.1. The number of aliphatic hydroxyl groups is 1. The summed E-state index contributed by atoms with van der Waals surface area (Å²) in [5.41, 5.74) is 0.514. The summed E-state index contributed by atoms with van der Waals surface area (Å²) in [7, 11) is -3.82. The van der Waals surface area contributed by atoms with E-state index in [1.807, 2.05) is 0 Å². The highest BCUT2D eigenvalue weighted by Gasteiger charge is 2.28. The van der Waals surface area contributed by atoms with Gasteiger partial charge in [0.2, 0.25) is 10.0 Å². The minimum Gasteiger partial charge on any atom is -0.390 e. The Labute approximate surface area is 110 Å². The first-order valence-corrected chi connectivity index (χ1v) is 7.05. The van der Waals surface area contributed by atoms with Crippen LogP contribution in [-0.2, 0) is 10.0 Å². The maximum absolute atomic E-state index is 12.9. The van der Waals surface area contributed by atoms with Crippen molar-refractivity contribution >= 4 is 10.0 Å². The third kappa shape index (κ3) is 4.83. The SMILES string of the molecule is CC(NCC(F)(F)CO)c1cccc(S(N)(=O)=O)c1. The molecule has 0 heterocycles. The number of hydrogen-bond donors (Lipinski definition) is 3. The summed E-state index contributed by atoms with van der Waals surface area (Å²) in [6.07, 6.45) is 0. The molecule has 0 spiro atoms. The van der Waals surface area contributed by atoms with Crippen molar-refractivity contribution in [2.45, 2.75) is 23.8 Å². The van der Waals surface area contributed by atoms with Crippen LogP contribution in [0.1, 0.15) is 18.5 Å². The van der Waals surface area contributed by atoms with Gasteiger partial charge in [-0.2, -0.15) is 0 Å². The molecule has 0 aliphatic rings. The third-order valence-electron chi connectivity index (χ3n) is 2.58. The summed E-state index contributed by atoms with van der Waals surface area (Å²) in [4.78, 5) is -0.0763. The lowest BCUT2D eigenvalue weighted by atomic mass is 10.1. The first-order chi connectivity index (χ1) is 8.65. The van der Waals surface area contributed by atoms with E-state index >= 15 is 0 Å². The number of aliphatic hydroxyl groups excluding tert-OH is 1. The first kappa shape index (κ1) is 16.0. The van der Waals surface area contributed by atoms with Gasteiger partial charge >= 0.3 is 0 Å². The predicted octanol–water partition coefficient (Wildman–Crippen LogP) is 0.612. The van der Waals surface area contributed by atoms with E-state index in [0.29, 0.717) is 5.56 Å². The summed E-state index contributed by atoms with van der Waals surface area (Å²) >= 11 is 0. The Morgan fingerprint density at radius 2 is 2.11 bits per heavy atom. The zero-order valence-electron chi connectivity index (χ0n) is 10.3.